The summed E-state index contributed by atoms with van der Waals surface area (Å²) in [4.78, 5) is 21.4. The van der Waals surface area contributed by atoms with Crippen molar-refractivity contribution in [3.8, 4) is 22.8 Å². The fourth-order valence-corrected chi connectivity index (χ4v) is 7.24. The van der Waals surface area contributed by atoms with E-state index in [0.29, 0.717) is 40.4 Å². The van der Waals surface area contributed by atoms with E-state index in [-0.39, 0.29) is 17.3 Å². The van der Waals surface area contributed by atoms with E-state index in [1.807, 2.05) is 77.5 Å². The molecule has 2 aromatic heterocycles. The normalized spacial score (nSPS) is 16.9. The third-order valence-electron chi connectivity index (χ3n) is 6.12. The lowest BCUT2D eigenvalue weighted by molar-refractivity contribution is 0.0342. The Labute approximate surface area is 227 Å². The number of nitrogens with zero attached hydrogens (tertiary/aromatic N) is 4. The molecule has 0 aliphatic carbocycles. The molecule has 0 amide bonds. The van der Waals surface area contributed by atoms with Crippen LogP contribution < -0.4 is 10.5 Å². The zero-order valence-electron chi connectivity index (χ0n) is 20.1. The van der Waals surface area contributed by atoms with Gasteiger partial charge < -0.3 is 15.2 Å². The summed E-state index contributed by atoms with van der Waals surface area (Å²) in [6.45, 7) is 0.507. The highest BCUT2D eigenvalue weighted by Crippen LogP contribution is 2.41. The largest absolute Gasteiger partial charge is 0.457 e. The van der Waals surface area contributed by atoms with Crippen LogP contribution in [-0.4, -0.2) is 42.8 Å². The third-order valence-corrected chi connectivity index (χ3v) is 8.98. The zero-order valence-corrected chi connectivity index (χ0v) is 21.8. The SMILES string of the molecule is Nc1ncnc2c1c(-c1ccc(Oc3ccccc3)cc1)nn2CC1SSCC1OC(=O)c1ccccc1. The van der Waals surface area contributed by atoms with Gasteiger partial charge in [0.25, 0.3) is 0 Å². The van der Waals surface area contributed by atoms with Crippen LogP contribution in [0, 0.1) is 0 Å². The van der Waals surface area contributed by atoms with Crippen LogP contribution in [0.1, 0.15) is 10.4 Å². The van der Waals surface area contributed by atoms with Crippen molar-refractivity contribution in [2.45, 2.75) is 17.9 Å². The second-order valence-electron chi connectivity index (χ2n) is 8.66. The van der Waals surface area contributed by atoms with Gasteiger partial charge in [0.15, 0.2) is 5.65 Å². The number of para-hydroxylation sites is 1. The van der Waals surface area contributed by atoms with Crippen LogP contribution >= 0.6 is 21.6 Å². The lowest BCUT2D eigenvalue weighted by Crippen LogP contribution is -2.31. The number of ether oxygens (including phenoxy) is 2. The topological polar surface area (TPSA) is 105 Å². The molecule has 2 unspecified atom stereocenters. The molecule has 3 heterocycles. The number of hydrogen-bond acceptors (Lipinski definition) is 9. The molecule has 1 aliphatic heterocycles. The highest BCUT2D eigenvalue weighted by atomic mass is 33.1. The number of benzene rings is 3. The molecule has 0 bridgehead atoms. The van der Waals surface area contributed by atoms with Crippen molar-refractivity contribution in [1.29, 1.82) is 0 Å². The first kappa shape index (κ1) is 24.3. The molecule has 38 heavy (non-hydrogen) atoms. The summed E-state index contributed by atoms with van der Waals surface area (Å²) in [7, 11) is 3.38. The summed E-state index contributed by atoms with van der Waals surface area (Å²) in [6, 6.07) is 26.4. The Kier molecular flexibility index (Phi) is 6.89. The number of anilines is 1. The summed E-state index contributed by atoms with van der Waals surface area (Å²) in [5, 5.41) is 5.59. The van der Waals surface area contributed by atoms with Crippen molar-refractivity contribution in [2.24, 2.45) is 0 Å². The molecule has 0 radical (unpaired) electrons. The molecule has 1 fully saturated rings. The first-order valence-corrected chi connectivity index (χ1v) is 14.4. The molecule has 10 heteroatoms. The molecule has 8 nitrogen and oxygen atoms in total. The monoisotopic (exact) mass is 541 g/mol. The minimum absolute atomic E-state index is 0.00134. The van der Waals surface area contributed by atoms with Gasteiger partial charge in [0.1, 0.15) is 35.4 Å². The summed E-state index contributed by atoms with van der Waals surface area (Å²) < 4.78 is 13.6. The molecule has 1 saturated heterocycles. The van der Waals surface area contributed by atoms with Gasteiger partial charge in [0, 0.05) is 11.3 Å². The number of esters is 1. The quantitative estimate of drug-likeness (QED) is 0.200. The molecule has 1 aliphatic rings. The van der Waals surface area contributed by atoms with Crippen LogP contribution in [0.2, 0.25) is 0 Å². The average molecular weight is 542 g/mol. The Bertz CT molecular complexity index is 1560. The summed E-state index contributed by atoms with van der Waals surface area (Å²) in [5.74, 6) is 2.23. The average Bonchev–Trinajstić information content (AvgIpc) is 3.55. The minimum atomic E-state index is -0.320. The van der Waals surface area contributed by atoms with Crippen LogP contribution in [0.5, 0.6) is 11.5 Å². The van der Waals surface area contributed by atoms with Crippen molar-refractivity contribution >= 4 is 44.4 Å². The standard InChI is InChI=1S/C28H23N5O3S2/c29-26-24-25(18-11-13-21(14-12-18)35-20-9-5-2-6-10-20)32-33(27(24)31-17-30-26)15-23-22(16-37-38-23)36-28(34)19-7-3-1-4-8-19/h1-14,17,22-23H,15-16H2,(H2,29,30,31). The van der Waals surface area contributed by atoms with Gasteiger partial charge in [-0.1, -0.05) is 58.0 Å². The maximum atomic E-state index is 12.7. The number of hydrogen-bond donors (Lipinski definition) is 1. The highest BCUT2D eigenvalue weighted by molar-refractivity contribution is 8.77. The first-order valence-electron chi connectivity index (χ1n) is 12.0. The second-order valence-corrected chi connectivity index (χ2v) is 11.3. The van der Waals surface area contributed by atoms with Crippen molar-refractivity contribution in [2.75, 3.05) is 11.5 Å². The van der Waals surface area contributed by atoms with E-state index >= 15 is 0 Å². The fraction of sp³-hybridized carbons (Fsp3) is 0.143. The van der Waals surface area contributed by atoms with Gasteiger partial charge in [-0.15, -0.1) is 0 Å². The Balaban J connectivity index is 1.26. The van der Waals surface area contributed by atoms with Gasteiger partial charge in [-0.2, -0.15) is 5.10 Å². The van der Waals surface area contributed by atoms with Crippen LogP contribution in [0.4, 0.5) is 5.82 Å². The minimum Gasteiger partial charge on any atom is -0.457 e. The Morgan fingerprint density at radius 3 is 2.42 bits per heavy atom. The van der Waals surface area contributed by atoms with Crippen molar-refractivity contribution in [3.05, 3.63) is 96.8 Å². The molecular weight excluding hydrogens is 518 g/mol. The molecule has 0 saturated carbocycles. The number of nitrogen functional groups attached to an aromatic ring is 1. The summed E-state index contributed by atoms with van der Waals surface area (Å²) in [6.07, 6.45) is 1.19. The predicted octanol–water partition coefficient (Wildman–Crippen LogP) is 5.86. The van der Waals surface area contributed by atoms with Crippen LogP contribution in [0.15, 0.2) is 91.3 Å². The summed E-state index contributed by atoms with van der Waals surface area (Å²) >= 11 is 0. The van der Waals surface area contributed by atoms with Crippen molar-refractivity contribution < 1.29 is 14.3 Å². The number of carbonyl (C=O) groups is 1. The predicted molar refractivity (Wildman–Crippen MR) is 151 cm³/mol. The van der Waals surface area contributed by atoms with Gasteiger partial charge in [0.05, 0.1) is 22.7 Å². The number of rotatable bonds is 7. The molecule has 0 spiro atoms. The van der Waals surface area contributed by atoms with Crippen molar-refractivity contribution in [1.82, 2.24) is 19.7 Å². The van der Waals surface area contributed by atoms with Crippen LogP contribution in [0.3, 0.4) is 0 Å². The Morgan fingerprint density at radius 1 is 0.947 bits per heavy atom. The van der Waals surface area contributed by atoms with E-state index in [0.717, 1.165) is 17.1 Å². The fourth-order valence-electron chi connectivity index (χ4n) is 4.24. The number of carbonyl (C=O) groups excluding carboxylic acids is 1. The maximum Gasteiger partial charge on any atom is 0.338 e. The van der Waals surface area contributed by atoms with E-state index in [4.69, 9.17) is 20.3 Å². The van der Waals surface area contributed by atoms with Gasteiger partial charge in [-0.3, -0.25) is 0 Å². The van der Waals surface area contributed by atoms with Crippen LogP contribution in [-0.2, 0) is 11.3 Å². The van der Waals surface area contributed by atoms with Gasteiger partial charge in [-0.05, 0) is 48.5 Å². The van der Waals surface area contributed by atoms with E-state index in [1.165, 1.54) is 6.33 Å². The highest BCUT2D eigenvalue weighted by Gasteiger charge is 2.34. The zero-order chi connectivity index (χ0) is 25.9. The van der Waals surface area contributed by atoms with E-state index in [2.05, 4.69) is 9.97 Å². The van der Waals surface area contributed by atoms with Crippen molar-refractivity contribution in [3.63, 3.8) is 0 Å². The molecule has 6 rings (SSSR count). The van der Waals surface area contributed by atoms with E-state index < -0.39 is 0 Å². The van der Waals surface area contributed by atoms with Gasteiger partial charge in [-0.25, -0.2) is 19.4 Å². The van der Waals surface area contributed by atoms with E-state index in [9.17, 15) is 4.79 Å². The molecule has 2 N–H and O–H groups in total. The number of fused-ring (bicyclic) bond motifs is 1. The van der Waals surface area contributed by atoms with Gasteiger partial charge >= 0.3 is 5.97 Å². The number of aromatic nitrogens is 4. The number of nitrogens with two attached hydrogens (primary N) is 1. The van der Waals surface area contributed by atoms with E-state index in [1.54, 1.807) is 33.7 Å². The first-order chi connectivity index (χ1) is 18.7. The molecule has 5 aromatic rings. The lowest BCUT2D eigenvalue weighted by atomic mass is 10.1. The second kappa shape index (κ2) is 10.8. The molecular formula is C28H23N5O3S2. The lowest BCUT2D eigenvalue weighted by Gasteiger charge is -2.18. The van der Waals surface area contributed by atoms with Crippen LogP contribution in [0.25, 0.3) is 22.3 Å². The summed E-state index contributed by atoms with van der Waals surface area (Å²) in [5.41, 5.74) is 9.04. The molecule has 190 valence electrons. The van der Waals surface area contributed by atoms with Gasteiger partial charge in [0.2, 0.25) is 0 Å². The smallest absolute Gasteiger partial charge is 0.338 e. The Morgan fingerprint density at radius 2 is 1.66 bits per heavy atom. The third kappa shape index (κ3) is 5.05. The molecule has 2 atom stereocenters. The molecule has 3 aromatic carbocycles. The maximum absolute atomic E-state index is 12.7. The Hall–Kier alpha value is -4.02.